The number of carbonyl (C=O) groups excluding carboxylic acids is 4. The number of aromatic nitrogens is 1. The number of ether oxygens (including phenoxy) is 1. The molecule has 37 heavy (non-hydrogen) atoms. The average molecular weight is 532 g/mol. The van der Waals surface area contributed by atoms with E-state index in [2.05, 4.69) is 15.2 Å². The normalized spacial score (nSPS) is 17.6. The molecule has 3 aromatic rings. The number of imide groups is 2. The van der Waals surface area contributed by atoms with E-state index < -0.39 is 0 Å². The minimum absolute atomic E-state index is 0.367. The zero-order chi connectivity index (χ0) is 26.3. The molecule has 2 N–H and O–H groups in total. The predicted molar refractivity (Wildman–Crippen MR) is 145 cm³/mol. The molecule has 8 nitrogen and oxygen atoms in total. The molecule has 2 aliphatic heterocycles. The number of benzene rings is 2. The Balaban J connectivity index is 1.45. The van der Waals surface area contributed by atoms with Gasteiger partial charge >= 0.3 is 0 Å². The summed E-state index contributed by atoms with van der Waals surface area (Å²) in [7, 11) is 1.62. The first-order valence-corrected chi connectivity index (χ1v) is 12.8. The summed E-state index contributed by atoms with van der Waals surface area (Å²) in [5.74, 6) is -0.0829. The Bertz CT molecular complexity index is 1550. The van der Waals surface area contributed by atoms with Crippen LogP contribution in [0.4, 0.5) is 9.59 Å². The molecule has 4 amide bonds. The molecule has 0 atom stereocenters. The van der Waals surface area contributed by atoms with Gasteiger partial charge in [-0.1, -0.05) is 24.3 Å². The first-order valence-electron chi connectivity index (χ1n) is 11.2. The van der Waals surface area contributed by atoms with Gasteiger partial charge in [0, 0.05) is 28.7 Å². The van der Waals surface area contributed by atoms with E-state index in [1.165, 1.54) is 0 Å². The topological polar surface area (TPSA) is 106 Å². The quantitative estimate of drug-likeness (QED) is 0.424. The maximum Gasteiger partial charge on any atom is 0.290 e. The lowest BCUT2D eigenvalue weighted by atomic mass is 10.0. The average Bonchev–Trinajstić information content (AvgIpc) is 3.46. The van der Waals surface area contributed by atoms with Gasteiger partial charge < -0.3 is 9.30 Å². The fourth-order valence-corrected chi connectivity index (χ4v) is 5.64. The van der Waals surface area contributed by atoms with Crippen LogP contribution in [0.3, 0.4) is 0 Å². The second-order valence-corrected chi connectivity index (χ2v) is 10.4. The molecular formula is C27H21N3O5S2. The lowest BCUT2D eigenvalue weighted by Crippen LogP contribution is -2.17. The lowest BCUT2D eigenvalue weighted by Gasteiger charge is -2.15. The van der Waals surface area contributed by atoms with Gasteiger partial charge in [-0.2, -0.15) is 0 Å². The van der Waals surface area contributed by atoms with Crippen molar-refractivity contribution in [1.82, 2.24) is 15.2 Å². The third-order valence-electron chi connectivity index (χ3n) is 6.00. The van der Waals surface area contributed by atoms with Crippen molar-refractivity contribution < 1.29 is 23.9 Å². The van der Waals surface area contributed by atoms with Gasteiger partial charge in [0.1, 0.15) is 5.75 Å². The fraction of sp³-hybridized carbons (Fsp3) is 0.111. The van der Waals surface area contributed by atoms with Gasteiger partial charge in [-0.15, -0.1) is 0 Å². The van der Waals surface area contributed by atoms with Crippen LogP contribution < -0.4 is 15.4 Å². The summed E-state index contributed by atoms with van der Waals surface area (Å²) in [5.41, 5.74) is 6.29. The highest BCUT2D eigenvalue weighted by molar-refractivity contribution is 8.18. The maximum atomic E-state index is 12.0. The molecule has 1 aromatic heterocycles. The van der Waals surface area contributed by atoms with Crippen molar-refractivity contribution in [1.29, 1.82) is 0 Å². The third-order valence-corrected chi connectivity index (χ3v) is 7.62. The van der Waals surface area contributed by atoms with E-state index in [9.17, 15) is 19.2 Å². The van der Waals surface area contributed by atoms with E-state index in [0.717, 1.165) is 62.9 Å². The zero-order valence-corrected chi connectivity index (χ0v) is 21.7. The number of hydrogen-bond acceptors (Lipinski definition) is 7. The SMILES string of the molecule is COc1cc(-n2c(C)cc(/C=C3\SC(=O)NC3=O)c2C)ccc1-c1ccc(/C=C2\SC(=O)NC2=O)cc1. The number of methoxy groups -OCH3 is 1. The predicted octanol–water partition coefficient (Wildman–Crippen LogP) is 5.42. The standard InChI is InChI=1S/C27H21N3O5S2/c1-14-10-18(12-23-25(32)29-27(34)37-23)15(2)30(14)19-8-9-20(21(13-19)35-3)17-6-4-16(5-7-17)11-22-24(31)28-26(33)36-22/h4-13H,1-3H3,(H,28,31,33)(H,29,32,34)/b22-11-,23-12-. The number of thioether (sulfide) groups is 2. The van der Waals surface area contributed by atoms with E-state index >= 15 is 0 Å². The highest BCUT2D eigenvalue weighted by Crippen LogP contribution is 2.35. The molecule has 0 aliphatic carbocycles. The summed E-state index contributed by atoms with van der Waals surface area (Å²) >= 11 is 1.78. The van der Waals surface area contributed by atoms with Crippen molar-refractivity contribution >= 4 is 58.0 Å². The number of rotatable bonds is 5. The molecule has 10 heteroatoms. The number of aryl methyl sites for hydroxylation is 1. The maximum absolute atomic E-state index is 12.0. The van der Waals surface area contributed by atoms with E-state index in [-0.39, 0.29) is 22.3 Å². The molecule has 0 bridgehead atoms. The monoisotopic (exact) mass is 531 g/mol. The number of nitrogens with zero attached hydrogens (tertiary/aromatic N) is 1. The number of carbonyl (C=O) groups is 4. The molecule has 3 heterocycles. The summed E-state index contributed by atoms with van der Waals surface area (Å²) in [4.78, 5) is 47.4. The van der Waals surface area contributed by atoms with Crippen molar-refractivity contribution in [3.63, 3.8) is 0 Å². The van der Waals surface area contributed by atoms with Gasteiger partial charge in [-0.05, 0) is 84.4 Å². The highest BCUT2D eigenvalue weighted by Gasteiger charge is 2.26. The summed E-state index contributed by atoms with van der Waals surface area (Å²) in [6.45, 7) is 3.94. The van der Waals surface area contributed by atoms with Crippen molar-refractivity contribution in [2.75, 3.05) is 7.11 Å². The smallest absolute Gasteiger partial charge is 0.290 e. The van der Waals surface area contributed by atoms with Crippen LogP contribution in [0.15, 0.2) is 58.3 Å². The van der Waals surface area contributed by atoms with Gasteiger partial charge in [-0.3, -0.25) is 29.8 Å². The van der Waals surface area contributed by atoms with E-state index in [4.69, 9.17) is 4.74 Å². The van der Waals surface area contributed by atoms with Crippen LogP contribution in [-0.2, 0) is 9.59 Å². The Kier molecular flexibility index (Phi) is 6.53. The largest absolute Gasteiger partial charge is 0.496 e. The molecular weight excluding hydrogens is 510 g/mol. The Morgan fingerprint density at radius 3 is 2.00 bits per heavy atom. The van der Waals surface area contributed by atoms with Crippen LogP contribution in [0.2, 0.25) is 0 Å². The Morgan fingerprint density at radius 1 is 0.811 bits per heavy atom. The van der Waals surface area contributed by atoms with Crippen molar-refractivity contribution in [3.8, 4) is 22.6 Å². The zero-order valence-electron chi connectivity index (χ0n) is 20.1. The summed E-state index contributed by atoms with van der Waals surface area (Å²) in [6, 6.07) is 15.5. The summed E-state index contributed by atoms with van der Waals surface area (Å²) in [6.07, 6.45) is 3.42. The van der Waals surface area contributed by atoms with Crippen LogP contribution in [-0.4, -0.2) is 34.0 Å². The molecule has 0 spiro atoms. The molecule has 2 saturated heterocycles. The van der Waals surface area contributed by atoms with Crippen LogP contribution in [0.5, 0.6) is 5.75 Å². The van der Waals surface area contributed by atoms with Crippen LogP contribution in [0.25, 0.3) is 29.0 Å². The van der Waals surface area contributed by atoms with Crippen molar-refractivity contribution in [2.45, 2.75) is 13.8 Å². The second kappa shape index (κ2) is 9.79. The van der Waals surface area contributed by atoms with E-state index in [0.29, 0.717) is 15.6 Å². The van der Waals surface area contributed by atoms with E-state index in [1.807, 2.05) is 62.4 Å². The second-order valence-electron chi connectivity index (χ2n) is 8.37. The molecule has 186 valence electrons. The fourth-order valence-electron chi connectivity index (χ4n) is 4.28. The Hall–Kier alpha value is -4.02. The minimum Gasteiger partial charge on any atom is -0.496 e. The molecule has 2 aliphatic rings. The van der Waals surface area contributed by atoms with Crippen LogP contribution in [0.1, 0.15) is 22.5 Å². The summed E-state index contributed by atoms with van der Waals surface area (Å²) in [5, 5.41) is 3.80. The molecule has 5 rings (SSSR count). The van der Waals surface area contributed by atoms with Gasteiger partial charge in [-0.25, -0.2) is 0 Å². The van der Waals surface area contributed by atoms with Gasteiger partial charge in [0.15, 0.2) is 0 Å². The molecule has 2 aromatic carbocycles. The van der Waals surface area contributed by atoms with Crippen molar-refractivity contribution in [3.05, 3.63) is 80.9 Å². The Labute approximate surface area is 221 Å². The molecule has 2 fully saturated rings. The first kappa shape index (κ1) is 24.7. The van der Waals surface area contributed by atoms with Gasteiger partial charge in [0.2, 0.25) is 0 Å². The van der Waals surface area contributed by atoms with Gasteiger partial charge in [0.25, 0.3) is 22.3 Å². The Morgan fingerprint density at radius 2 is 1.43 bits per heavy atom. The van der Waals surface area contributed by atoms with Crippen molar-refractivity contribution in [2.24, 2.45) is 0 Å². The number of amides is 4. The van der Waals surface area contributed by atoms with E-state index in [1.54, 1.807) is 19.3 Å². The lowest BCUT2D eigenvalue weighted by molar-refractivity contribution is -0.116. The van der Waals surface area contributed by atoms with Crippen LogP contribution in [0, 0.1) is 13.8 Å². The molecule has 0 radical (unpaired) electrons. The minimum atomic E-state index is -0.384. The van der Waals surface area contributed by atoms with Crippen LogP contribution >= 0.6 is 23.5 Å². The first-order chi connectivity index (χ1) is 17.7. The number of nitrogens with one attached hydrogen (secondary N) is 2. The number of hydrogen-bond donors (Lipinski definition) is 2. The third kappa shape index (κ3) is 4.85. The molecule has 0 saturated carbocycles. The molecule has 0 unspecified atom stereocenters. The summed E-state index contributed by atoms with van der Waals surface area (Å²) < 4.78 is 7.79. The van der Waals surface area contributed by atoms with Gasteiger partial charge in [0.05, 0.1) is 16.9 Å². The highest BCUT2D eigenvalue weighted by atomic mass is 32.2.